The van der Waals surface area contributed by atoms with Crippen LogP contribution in [0.5, 0.6) is 0 Å². The fraction of sp³-hybridized carbons (Fsp3) is 0.435. The molecule has 2 aromatic heterocycles. The summed E-state index contributed by atoms with van der Waals surface area (Å²) in [6, 6.07) is 12.0. The maximum atomic E-state index is 13.7. The van der Waals surface area contributed by atoms with Crippen LogP contribution in [0.2, 0.25) is 0 Å². The molecule has 0 spiro atoms. The smallest absolute Gasteiger partial charge is 0.259 e. The Morgan fingerprint density at radius 1 is 1.28 bits per heavy atom. The average molecular weight is 393 g/mol. The van der Waals surface area contributed by atoms with E-state index in [4.69, 9.17) is 10.3 Å². The summed E-state index contributed by atoms with van der Waals surface area (Å²) >= 11 is 0. The molecule has 1 saturated carbocycles. The Hall–Kier alpha value is -2.73. The van der Waals surface area contributed by atoms with Gasteiger partial charge in [0.2, 0.25) is 0 Å². The summed E-state index contributed by atoms with van der Waals surface area (Å²) in [7, 11) is 0. The maximum absolute atomic E-state index is 13.7. The number of fused-ring (bicyclic) bond motifs is 1. The Balaban J connectivity index is 1.74. The number of carbonyl (C=O) groups is 1. The highest BCUT2D eigenvalue weighted by Crippen LogP contribution is 2.40. The van der Waals surface area contributed by atoms with Gasteiger partial charge in [-0.15, -0.1) is 0 Å². The number of rotatable bonds is 9. The second kappa shape index (κ2) is 8.74. The monoisotopic (exact) mass is 392 g/mol. The third-order valence-corrected chi connectivity index (χ3v) is 5.39. The summed E-state index contributed by atoms with van der Waals surface area (Å²) in [4.78, 5) is 20.3. The van der Waals surface area contributed by atoms with Gasteiger partial charge in [0.25, 0.3) is 11.6 Å². The normalized spacial score (nSPS) is 13.7. The van der Waals surface area contributed by atoms with Crippen LogP contribution in [0.3, 0.4) is 0 Å². The predicted molar refractivity (Wildman–Crippen MR) is 113 cm³/mol. The maximum Gasteiger partial charge on any atom is 0.259 e. The van der Waals surface area contributed by atoms with Crippen LogP contribution in [0, 0.1) is 0 Å². The van der Waals surface area contributed by atoms with Crippen LogP contribution in [0.25, 0.3) is 11.1 Å². The average Bonchev–Trinajstić information content (AvgIpc) is 3.52. The van der Waals surface area contributed by atoms with Crippen LogP contribution in [0.4, 0.5) is 0 Å². The molecule has 152 valence electrons. The summed E-state index contributed by atoms with van der Waals surface area (Å²) in [6.45, 7) is 3.81. The van der Waals surface area contributed by atoms with Crippen molar-refractivity contribution in [2.45, 2.75) is 51.5 Å². The molecule has 1 aromatic carbocycles. The molecule has 0 atom stereocenters. The molecular formula is C23H28N4O2. The van der Waals surface area contributed by atoms with E-state index >= 15 is 0 Å². The number of nitrogens with zero attached hydrogens (tertiary/aromatic N) is 3. The summed E-state index contributed by atoms with van der Waals surface area (Å²) in [6.07, 6.45) is 4.68. The van der Waals surface area contributed by atoms with Crippen LogP contribution in [-0.2, 0) is 13.0 Å². The minimum atomic E-state index is -0.00263. The van der Waals surface area contributed by atoms with E-state index in [0.717, 1.165) is 54.4 Å². The van der Waals surface area contributed by atoms with Gasteiger partial charge in [0.05, 0.1) is 16.6 Å². The van der Waals surface area contributed by atoms with Gasteiger partial charge in [0, 0.05) is 24.7 Å². The summed E-state index contributed by atoms with van der Waals surface area (Å²) in [5, 5.41) is 5.00. The van der Waals surface area contributed by atoms with Crippen molar-refractivity contribution >= 4 is 17.0 Å². The first-order valence-corrected chi connectivity index (χ1v) is 10.5. The molecule has 0 aliphatic heterocycles. The molecule has 4 rings (SSSR count). The Morgan fingerprint density at radius 3 is 2.76 bits per heavy atom. The quantitative estimate of drug-likeness (QED) is 0.594. The fourth-order valence-electron chi connectivity index (χ4n) is 3.70. The van der Waals surface area contributed by atoms with Crippen molar-refractivity contribution in [1.29, 1.82) is 0 Å². The molecule has 1 amide bonds. The number of hydrogen-bond acceptors (Lipinski definition) is 5. The number of amides is 1. The zero-order valence-corrected chi connectivity index (χ0v) is 16.9. The molecule has 0 saturated heterocycles. The minimum absolute atomic E-state index is 0.00263. The molecule has 2 heterocycles. The van der Waals surface area contributed by atoms with Gasteiger partial charge < -0.3 is 15.2 Å². The standard InChI is InChI=1S/C23H28N4O2/c1-2-7-19-21-18(14-20(17-10-11-17)25-22(21)29-26-19)23(28)27(13-6-12-24)15-16-8-4-3-5-9-16/h3-5,8-9,14,17H,2,6-7,10-13,15,24H2,1H3. The van der Waals surface area contributed by atoms with Gasteiger partial charge >= 0.3 is 0 Å². The number of hydrogen-bond donors (Lipinski definition) is 1. The topological polar surface area (TPSA) is 85.2 Å². The van der Waals surface area contributed by atoms with E-state index in [2.05, 4.69) is 17.1 Å². The van der Waals surface area contributed by atoms with Crippen molar-refractivity contribution in [3.8, 4) is 0 Å². The first-order chi connectivity index (χ1) is 14.2. The van der Waals surface area contributed by atoms with Crippen molar-refractivity contribution in [2.24, 2.45) is 5.73 Å². The Bertz CT molecular complexity index is 979. The third kappa shape index (κ3) is 4.32. The van der Waals surface area contributed by atoms with Crippen molar-refractivity contribution < 1.29 is 9.32 Å². The zero-order valence-electron chi connectivity index (χ0n) is 16.9. The number of carbonyl (C=O) groups excluding carboxylic acids is 1. The van der Waals surface area contributed by atoms with E-state index in [1.54, 1.807) is 0 Å². The second-order valence-corrected chi connectivity index (χ2v) is 7.78. The molecule has 1 fully saturated rings. The highest BCUT2D eigenvalue weighted by molar-refractivity contribution is 6.06. The molecule has 6 nitrogen and oxygen atoms in total. The number of nitrogens with two attached hydrogens (primary N) is 1. The van der Waals surface area contributed by atoms with Crippen LogP contribution in [0.15, 0.2) is 40.9 Å². The predicted octanol–water partition coefficient (Wildman–Crippen LogP) is 4.04. The van der Waals surface area contributed by atoms with Gasteiger partial charge in [-0.3, -0.25) is 4.79 Å². The summed E-state index contributed by atoms with van der Waals surface area (Å²) in [5.41, 5.74) is 9.76. The SMILES string of the molecule is CCCc1noc2nc(C3CC3)cc(C(=O)N(CCCN)Cc3ccccc3)c12. The molecule has 6 heteroatoms. The van der Waals surface area contributed by atoms with E-state index in [9.17, 15) is 4.79 Å². The summed E-state index contributed by atoms with van der Waals surface area (Å²) < 4.78 is 5.54. The van der Waals surface area contributed by atoms with Gasteiger partial charge in [-0.1, -0.05) is 48.8 Å². The highest BCUT2D eigenvalue weighted by atomic mass is 16.5. The van der Waals surface area contributed by atoms with Gasteiger partial charge in [-0.2, -0.15) is 0 Å². The van der Waals surface area contributed by atoms with E-state index in [1.807, 2.05) is 41.3 Å². The molecular weight excluding hydrogens is 364 g/mol. The third-order valence-electron chi connectivity index (χ3n) is 5.39. The van der Waals surface area contributed by atoms with Crippen molar-refractivity contribution in [1.82, 2.24) is 15.0 Å². The lowest BCUT2D eigenvalue weighted by Gasteiger charge is -2.23. The van der Waals surface area contributed by atoms with Gasteiger partial charge in [-0.05, 0) is 43.9 Å². The molecule has 0 bridgehead atoms. The lowest BCUT2D eigenvalue weighted by molar-refractivity contribution is 0.0744. The number of aromatic nitrogens is 2. The van der Waals surface area contributed by atoms with Crippen molar-refractivity contribution in [2.75, 3.05) is 13.1 Å². The second-order valence-electron chi connectivity index (χ2n) is 7.78. The van der Waals surface area contributed by atoms with Crippen LogP contribution >= 0.6 is 0 Å². The summed E-state index contributed by atoms with van der Waals surface area (Å²) in [5.74, 6) is 0.425. The van der Waals surface area contributed by atoms with Crippen LogP contribution in [0.1, 0.15) is 65.8 Å². The molecule has 1 aliphatic carbocycles. The lowest BCUT2D eigenvalue weighted by atomic mass is 10.0. The Labute approximate surface area is 171 Å². The molecule has 29 heavy (non-hydrogen) atoms. The molecule has 3 aromatic rings. The largest absolute Gasteiger partial charge is 0.336 e. The number of pyridine rings is 1. The first-order valence-electron chi connectivity index (χ1n) is 10.5. The van der Waals surface area contributed by atoms with Gasteiger partial charge in [0.15, 0.2) is 0 Å². The fourth-order valence-corrected chi connectivity index (χ4v) is 3.70. The molecule has 1 aliphatic rings. The van der Waals surface area contributed by atoms with Gasteiger partial charge in [-0.25, -0.2) is 4.98 Å². The Morgan fingerprint density at radius 2 is 2.07 bits per heavy atom. The highest BCUT2D eigenvalue weighted by Gasteiger charge is 2.30. The van der Waals surface area contributed by atoms with Crippen LogP contribution in [-0.4, -0.2) is 34.0 Å². The van der Waals surface area contributed by atoms with Crippen LogP contribution < -0.4 is 5.73 Å². The van der Waals surface area contributed by atoms with Crippen molar-refractivity contribution in [3.05, 3.63) is 58.9 Å². The Kier molecular flexibility index (Phi) is 5.90. The number of benzene rings is 1. The van der Waals surface area contributed by atoms with Crippen molar-refractivity contribution in [3.63, 3.8) is 0 Å². The minimum Gasteiger partial charge on any atom is -0.336 e. The molecule has 0 radical (unpaired) electrons. The molecule has 0 unspecified atom stereocenters. The van der Waals surface area contributed by atoms with E-state index in [-0.39, 0.29) is 5.91 Å². The van der Waals surface area contributed by atoms with Gasteiger partial charge in [0.1, 0.15) is 0 Å². The molecule has 2 N–H and O–H groups in total. The zero-order chi connectivity index (χ0) is 20.2. The van der Waals surface area contributed by atoms with E-state index < -0.39 is 0 Å². The first kappa shape index (κ1) is 19.6. The lowest BCUT2D eigenvalue weighted by Crippen LogP contribution is -2.33. The van der Waals surface area contributed by atoms with E-state index in [0.29, 0.717) is 36.8 Å². The number of aryl methyl sites for hydroxylation is 1. The van der Waals surface area contributed by atoms with E-state index in [1.165, 1.54) is 0 Å².